The summed E-state index contributed by atoms with van der Waals surface area (Å²) in [6.07, 6.45) is 3.13. The van der Waals surface area contributed by atoms with E-state index in [9.17, 15) is 9.59 Å². The normalized spacial score (nSPS) is 10.7. The molecule has 0 spiro atoms. The van der Waals surface area contributed by atoms with Crippen molar-refractivity contribution in [3.63, 3.8) is 0 Å². The van der Waals surface area contributed by atoms with Crippen LogP contribution < -0.4 is 10.9 Å². The number of fused-ring (bicyclic) bond motifs is 1. The Labute approximate surface area is 134 Å². The molecule has 0 aliphatic rings. The molecule has 0 aliphatic carbocycles. The average molecular weight is 306 g/mol. The van der Waals surface area contributed by atoms with Gasteiger partial charge in [-0.3, -0.25) is 4.79 Å². The van der Waals surface area contributed by atoms with Crippen LogP contribution in [0.3, 0.4) is 0 Å². The van der Waals surface area contributed by atoms with Crippen LogP contribution in [0.5, 0.6) is 0 Å². The Hall–Kier alpha value is -2.89. The fraction of sp³-hybridized carbons (Fsp3) is 0.118. The highest BCUT2D eigenvalue weighted by Gasteiger charge is 2.17. The molecule has 3 aromatic rings. The summed E-state index contributed by atoms with van der Waals surface area (Å²) in [5.74, 6) is -0.621. The van der Waals surface area contributed by atoms with Gasteiger partial charge in [-0.2, -0.15) is 0 Å². The summed E-state index contributed by atoms with van der Waals surface area (Å²) in [5, 5.41) is 0.388. The van der Waals surface area contributed by atoms with Crippen molar-refractivity contribution in [3.8, 4) is 5.69 Å². The molecule has 6 heteroatoms. The standard InChI is InChI=1S/C17H15BN2O3/c1-2-23-17(22)14-10-20(12-6-3-5-11(18)9-12)16-13(15(14)21)7-4-8-19-16/h3-10H,2,18H2,1H3. The minimum Gasteiger partial charge on any atom is -0.462 e. The summed E-state index contributed by atoms with van der Waals surface area (Å²) >= 11 is 0. The Morgan fingerprint density at radius 3 is 2.87 bits per heavy atom. The van der Waals surface area contributed by atoms with Crippen LogP contribution in [0.4, 0.5) is 0 Å². The highest BCUT2D eigenvalue weighted by Crippen LogP contribution is 2.15. The second kappa shape index (κ2) is 6.08. The van der Waals surface area contributed by atoms with E-state index in [4.69, 9.17) is 4.74 Å². The molecule has 0 saturated heterocycles. The molecule has 3 rings (SSSR count). The van der Waals surface area contributed by atoms with Crippen LogP contribution >= 0.6 is 0 Å². The molecule has 0 unspecified atom stereocenters. The number of esters is 1. The number of carbonyl (C=O) groups is 1. The topological polar surface area (TPSA) is 61.2 Å². The van der Waals surface area contributed by atoms with Crippen molar-refractivity contribution in [1.82, 2.24) is 9.55 Å². The van der Waals surface area contributed by atoms with E-state index in [0.29, 0.717) is 11.0 Å². The van der Waals surface area contributed by atoms with E-state index in [0.717, 1.165) is 11.2 Å². The summed E-state index contributed by atoms with van der Waals surface area (Å²) in [6, 6.07) is 11.1. The Morgan fingerprint density at radius 2 is 2.13 bits per heavy atom. The predicted molar refractivity (Wildman–Crippen MR) is 91.5 cm³/mol. The van der Waals surface area contributed by atoms with E-state index in [1.54, 1.807) is 29.8 Å². The number of benzene rings is 1. The van der Waals surface area contributed by atoms with Crippen molar-refractivity contribution in [1.29, 1.82) is 0 Å². The van der Waals surface area contributed by atoms with Gasteiger partial charge in [0.2, 0.25) is 5.43 Å². The molecule has 0 saturated carbocycles. The van der Waals surface area contributed by atoms with E-state index in [-0.39, 0.29) is 17.6 Å². The van der Waals surface area contributed by atoms with Gasteiger partial charge in [-0.25, -0.2) is 9.78 Å². The number of aromatic nitrogens is 2. The minimum absolute atomic E-state index is 0.00820. The minimum atomic E-state index is -0.621. The lowest BCUT2D eigenvalue weighted by Crippen LogP contribution is -2.21. The van der Waals surface area contributed by atoms with Crippen LogP contribution in [-0.2, 0) is 4.74 Å². The number of rotatable bonds is 3. The van der Waals surface area contributed by atoms with Crippen LogP contribution in [0, 0.1) is 0 Å². The fourth-order valence-electron chi connectivity index (χ4n) is 2.49. The van der Waals surface area contributed by atoms with Gasteiger partial charge in [-0.15, -0.1) is 0 Å². The maximum Gasteiger partial charge on any atom is 0.343 e. The van der Waals surface area contributed by atoms with Crippen LogP contribution in [0.25, 0.3) is 16.7 Å². The first-order chi connectivity index (χ1) is 11.1. The zero-order chi connectivity index (χ0) is 16.4. The number of nitrogens with zero attached hydrogens (tertiary/aromatic N) is 2. The Kier molecular flexibility index (Phi) is 3.97. The molecule has 0 atom stereocenters. The maximum absolute atomic E-state index is 12.5. The number of ether oxygens (including phenoxy) is 1. The predicted octanol–water partition coefficient (Wildman–Crippen LogP) is 0.821. The van der Waals surface area contributed by atoms with Crippen molar-refractivity contribution >= 4 is 30.3 Å². The molecule has 0 aliphatic heterocycles. The Morgan fingerprint density at radius 1 is 1.30 bits per heavy atom. The van der Waals surface area contributed by atoms with Crippen LogP contribution in [-0.4, -0.2) is 30.0 Å². The molecule has 2 heterocycles. The fourth-order valence-corrected chi connectivity index (χ4v) is 2.49. The van der Waals surface area contributed by atoms with E-state index in [1.165, 1.54) is 6.20 Å². The molecule has 2 aromatic heterocycles. The largest absolute Gasteiger partial charge is 0.462 e. The molecule has 0 radical (unpaired) electrons. The third-order valence-corrected chi connectivity index (χ3v) is 3.54. The van der Waals surface area contributed by atoms with Crippen molar-refractivity contribution < 1.29 is 9.53 Å². The summed E-state index contributed by atoms with van der Waals surface area (Å²) in [6.45, 7) is 1.92. The molecular formula is C17H15BN2O3. The first kappa shape index (κ1) is 15.0. The smallest absolute Gasteiger partial charge is 0.343 e. The third kappa shape index (κ3) is 2.75. The molecule has 0 fully saturated rings. The third-order valence-electron chi connectivity index (χ3n) is 3.54. The van der Waals surface area contributed by atoms with Crippen molar-refractivity contribution in [2.24, 2.45) is 0 Å². The lowest BCUT2D eigenvalue weighted by atomic mass is 9.96. The number of carbonyl (C=O) groups excluding carboxylic acids is 1. The zero-order valence-corrected chi connectivity index (χ0v) is 12.9. The SMILES string of the molecule is Bc1cccc(-n2cc(C(=O)OCC)c(=O)c3cccnc32)c1. The molecule has 23 heavy (non-hydrogen) atoms. The summed E-state index contributed by atoms with van der Waals surface area (Å²) in [5.41, 5.74) is 2.06. The number of pyridine rings is 2. The molecular weight excluding hydrogens is 291 g/mol. The lowest BCUT2D eigenvalue weighted by Gasteiger charge is -2.12. The van der Waals surface area contributed by atoms with Gasteiger partial charge in [0.25, 0.3) is 0 Å². The van der Waals surface area contributed by atoms with Crippen LogP contribution in [0.15, 0.2) is 53.6 Å². The Bertz CT molecular complexity index is 950. The highest BCUT2D eigenvalue weighted by atomic mass is 16.5. The van der Waals surface area contributed by atoms with E-state index in [1.807, 2.05) is 32.1 Å². The van der Waals surface area contributed by atoms with Gasteiger partial charge in [-0.1, -0.05) is 17.6 Å². The van der Waals surface area contributed by atoms with E-state index >= 15 is 0 Å². The van der Waals surface area contributed by atoms with Gasteiger partial charge in [0.1, 0.15) is 19.1 Å². The van der Waals surface area contributed by atoms with Gasteiger partial charge in [0.15, 0.2) is 0 Å². The van der Waals surface area contributed by atoms with E-state index in [2.05, 4.69) is 4.98 Å². The summed E-state index contributed by atoms with van der Waals surface area (Å²) in [4.78, 5) is 29.0. The quantitative estimate of drug-likeness (QED) is 0.531. The van der Waals surface area contributed by atoms with Gasteiger partial charge in [0.05, 0.1) is 12.0 Å². The number of hydrogen-bond acceptors (Lipinski definition) is 4. The Balaban J connectivity index is 2.34. The summed E-state index contributed by atoms with van der Waals surface area (Å²) in [7, 11) is 1.98. The van der Waals surface area contributed by atoms with E-state index < -0.39 is 5.97 Å². The first-order valence-corrected chi connectivity index (χ1v) is 7.36. The molecule has 5 nitrogen and oxygen atoms in total. The van der Waals surface area contributed by atoms with Crippen molar-refractivity contribution in [3.05, 3.63) is 64.6 Å². The van der Waals surface area contributed by atoms with Crippen LogP contribution in [0.2, 0.25) is 0 Å². The van der Waals surface area contributed by atoms with Gasteiger partial charge in [-0.05, 0) is 31.2 Å². The second-order valence-electron chi connectivity index (χ2n) is 5.18. The number of hydrogen-bond donors (Lipinski definition) is 0. The maximum atomic E-state index is 12.5. The average Bonchev–Trinajstić information content (AvgIpc) is 2.55. The molecule has 114 valence electrons. The molecule has 0 N–H and O–H groups in total. The highest BCUT2D eigenvalue weighted by molar-refractivity contribution is 6.32. The van der Waals surface area contributed by atoms with Gasteiger partial charge in [0, 0.05) is 18.1 Å². The van der Waals surface area contributed by atoms with Crippen LogP contribution in [0.1, 0.15) is 17.3 Å². The molecule has 0 bridgehead atoms. The van der Waals surface area contributed by atoms with Crippen molar-refractivity contribution in [2.75, 3.05) is 6.61 Å². The van der Waals surface area contributed by atoms with Gasteiger partial charge < -0.3 is 9.30 Å². The lowest BCUT2D eigenvalue weighted by molar-refractivity contribution is 0.0524. The monoisotopic (exact) mass is 306 g/mol. The van der Waals surface area contributed by atoms with Gasteiger partial charge >= 0.3 is 5.97 Å². The first-order valence-electron chi connectivity index (χ1n) is 7.36. The molecule has 0 amide bonds. The zero-order valence-electron chi connectivity index (χ0n) is 12.9. The second-order valence-corrected chi connectivity index (χ2v) is 5.18. The molecule has 1 aromatic carbocycles. The summed E-state index contributed by atoms with van der Waals surface area (Å²) < 4.78 is 6.75. The van der Waals surface area contributed by atoms with Crippen molar-refractivity contribution in [2.45, 2.75) is 6.92 Å².